The Hall–Kier alpha value is -1.81. The zero-order valence-corrected chi connectivity index (χ0v) is 12.2. The number of imidazole rings is 1. The molecule has 0 saturated carbocycles. The highest BCUT2D eigenvalue weighted by atomic mass is 16.5. The number of nitrogens with two attached hydrogens (primary N) is 1. The molecule has 0 bridgehead atoms. The zero-order valence-electron chi connectivity index (χ0n) is 12.2. The first-order valence-electron chi connectivity index (χ1n) is 6.37. The minimum atomic E-state index is 0.450. The Bertz CT molecular complexity index is 614. The van der Waals surface area contributed by atoms with Gasteiger partial charge in [0.25, 0.3) is 0 Å². The van der Waals surface area contributed by atoms with Crippen molar-refractivity contribution in [1.29, 1.82) is 0 Å². The number of rotatable bonds is 3. The van der Waals surface area contributed by atoms with Gasteiger partial charge in [0.15, 0.2) is 0 Å². The molecule has 2 N–H and O–H groups in total. The molecule has 4 heteroatoms. The molecular formula is C15H21N3O. The number of hydrogen-bond acceptors (Lipinski definition) is 3. The summed E-state index contributed by atoms with van der Waals surface area (Å²) >= 11 is 0. The molecule has 0 saturated heterocycles. The monoisotopic (exact) mass is 259 g/mol. The van der Waals surface area contributed by atoms with Gasteiger partial charge in [-0.05, 0) is 44.0 Å². The van der Waals surface area contributed by atoms with Crippen molar-refractivity contribution in [3.05, 3.63) is 34.8 Å². The summed E-state index contributed by atoms with van der Waals surface area (Å²) in [6.45, 7) is 6.61. The van der Waals surface area contributed by atoms with E-state index >= 15 is 0 Å². The van der Waals surface area contributed by atoms with Gasteiger partial charge in [-0.1, -0.05) is 0 Å². The van der Waals surface area contributed by atoms with Crippen molar-refractivity contribution in [2.75, 3.05) is 7.11 Å². The van der Waals surface area contributed by atoms with Gasteiger partial charge in [-0.2, -0.15) is 0 Å². The van der Waals surface area contributed by atoms with Crippen molar-refractivity contribution >= 4 is 0 Å². The third kappa shape index (κ3) is 2.24. The van der Waals surface area contributed by atoms with Crippen LogP contribution in [0.3, 0.4) is 0 Å². The largest absolute Gasteiger partial charge is 0.496 e. The van der Waals surface area contributed by atoms with Crippen LogP contribution in [0.25, 0.3) is 11.3 Å². The Morgan fingerprint density at radius 2 is 1.89 bits per heavy atom. The van der Waals surface area contributed by atoms with Crippen LogP contribution in [0.2, 0.25) is 0 Å². The lowest BCUT2D eigenvalue weighted by Gasteiger charge is -2.13. The van der Waals surface area contributed by atoms with E-state index < -0.39 is 0 Å². The fourth-order valence-electron chi connectivity index (χ4n) is 2.52. The Kier molecular flexibility index (Phi) is 3.62. The molecular weight excluding hydrogens is 238 g/mol. The van der Waals surface area contributed by atoms with E-state index in [-0.39, 0.29) is 0 Å². The van der Waals surface area contributed by atoms with Crippen LogP contribution in [0.15, 0.2) is 12.1 Å². The predicted octanol–water partition coefficient (Wildman–Crippen LogP) is 2.48. The van der Waals surface area contributed by atoms with Crippen LogP contribution in [0.4, 0.5) is 0 Å². The molecule has 0 aliphatic heterocycles. The van der Waals surface area contributed by atoms with Crippen LogP contribution in [-0.4, -0.2) is 16.7 Å². The highest BCUT2D eigenvalue weighted by Gasteiger charge is 2.15. The van der Waals surface area contributed by atoms with Gasteiger partial charge in [-0.15, -0.1) is 0 Å². The van der Waals surface area contributed by atoms with E-state index in [1.54, 1.807) is 7.11 Å². The van der Waals surface area contributed by atoms with Crippen LogP contribution in [-0.2, 0) is 13.6 Å². The predicted molar refractivity (Wildman–Crippen MR) is 77.3 cm³/mol. The minimum Gasteiger partial charge on any atom is -0.496 e. The molecule has 0 spiro atoms. The summed E-state index contributed by atoms with van der Waals surface area (Å²) in [5, 5.41) is 0. The normalized spacial score (nSPS) is 10.8. The lowest BCUT2D eigenvalue weighted by atomic mass is 10.0. The highest BCUT2D eigenvalue weighted by molar-refractivity contribution is 5.69. The molecule has 102 valence electrons. The third-order valence-corrected chi connectivity index (χ3v) is 3.54. The number of aromatic nitrogens is 2. The fourth-order valence-corrected chi connectivity index (χ4v) is 2.52. The Balaban J connectivity index is 2.66. The molecule has 19 heavy (non-hydrogen) atoms. The molecule has 0 aliphatic carbocycles. The summed E-state index contributed by atoms with van der Waals surface area (Å²) in [5.41, 5.74) is 11.3. The minimum absolute atomic E-state index is 0.450. The van der Waals surface area contributed by atoms with Gasteiger partial charge in [0.05, 0.1) is 25.0 Å². The molecule has 1 aromatic carbocycles. The van der Waals surface area contributed by atoms with E-state index in [4.69, 9.17) is 10.5 Å². The number of nitrogens with zero attached hydrogens (tertiary/aromatic N) is 2. The van der Waals surface area contributed by atoms with Crippen molar-refractivity contribution in [3.63, 3.8) is 0 Å². The van der Waals surface area contributed by atoms with Crippen LogP contribution in [0.5, 0.6) is 5.75 Å². The molecule has 0 unspecified atom stereocenters. The average molecular weight is 259 g/mol. The Morgan fingerprint density at radius 3 is 2.42 bits per heavy atom. The summed E-state index contributed by atoms with van der Waals surface area (Å²) in [5.74, 6) is 1.82. The Morgan fingerprint density at radius 1 is 1.21 bits per heavy atom. The van der Waals surface area contributed by atoms with Gasteiger partial charge in [0.1, 0.15) is 11.6 Å². The van der Waals surface area contributed by atoms with E-state index in [2.05, 4.69) is 35.5 Å². The maximum atomic E-state index is 5.72. The van der Waals surface area contributed by atoms with Crippen molar-refractivity contribution in [2.45, 2.75) is 27.3 Å². The summed E-state index contributed by atoms with van der Waals surface area (Å²) in [6.07, 6.45) is 0. The molecule has 0 aliphatic rings. The maximum Gasteiger partial charge on any atom is 0.122 e. The van der Waals surface area contributed by atoms with Crippen molar-refractivity contribution in [3.8, 4) is 17.0 Å². The third-order valence-electron chi connectivity index (χ3n) is 3.54. The molecule has 0 radical (unpaired) electrons. The molecule has 4 nitrogen and oxygen atoms in total. The first kappa shape index (κ1) is 13.6. The van der Waals surface area contributed by atoms with E-state index in [0.29, 0.717) is 6.54 Å². The van der Waals surface area contributed by atoms with Crippen molar-refractivity contribution < 1.29 is 4.74 Å². The van der Waals surface area contributed by atoms with E-state index in [1.807, 2.05) is 14.0 Å². The van der Waals surface area contributed by atoms with Gasteiger partial charge < -0.3 is 15.0 Å². The van der Waals surface area contributed by atoms with Crippen LogP contribution in [0.1, 0.15) is 22.6 Å². The smallest absolute Gasteiger partial charge is 0.122 e. The van der Waals surface area contributed by atoms with Gasteiger partial charge in [-0.3, -0.25) is 0 Å². The molecule has 2 aromatic rings. The van der Waals surface area contributed by atoms with E-state index in [0.717, 1.165) is 28.5 Å². The molecule has 2 rings (SSSR count). The first-order valence-corrected chi connectivity index (χ1v) is 6.37. The average Bonchev–Trinajstić information content (AvgIpc) is 2.67. The van der Waals surface area contributed by atoms with Gasteiger partial charge in [0.2, 0.25) is 0 Å². The Labute approximate surface area is 114 Å². The molecule has 0 amide bonds. The van der Waals surface area contributed by atoms with Gasteiger partial charge >= 0.3 is 0 Å². The molecule has 1 heterocycles. The lowest BCUT2D eigenvalue weighted by Crippen LogP contribution is -2.06. The quantitative estimate of drug-likeness (QED) is 0.921. The van der Waals surface area contributed by atoms with Crippen molar-refractivity contribution in [2.24, 2.45) is 12.8 Å². The molecule has 0 fully saturated rings. The zero-order chi connectivity index (χ0) is 14.2. The summed E-state index contributed by atoms with van der Waals surface area (Å²) in [6, 6.07) is 4.22. The van der Waals surface area contributed by atoms with E-state index in [1.165, 1.54) is 11.1 Å². The summed E-state index contributed by atoms with van der Waals surface area (Å²) in [7, 11) is 3.71. The van der Waals surface area contributed by atoms with Crippen LogP contribution >= 0.6 is 0 Å². The second kappa shape index (κ2) is 5.05. The number of aryl methyl sites for hydroxylation is 3. The number of ether oxygens (including phenoxy) is 1. The standard InChI is InChI=1S/C15H21N3O/c1-9-7-13(19-5)10(2)6-12(9)15-11(3)17-14(8-16)18(15)4/h6-7H,8,16H2,1-5H3. The second-order valence-corrected chi connectivity index (χ2v) is 4.86. The molecule has 1 aromatic heterocycles. The number of methoxy groups -OCH3 is 1. The van der Waals surface area contributed by atoms with Crippen LogP contribution in [0, 0.1) is 20.8 Å². The lowest BCUT2D eigenvalue weighted by molar-refractivity contribution is 0.411. The molecule has 0 atom stereocenters. The topological polar surface area (TPSA) is 53.1 Å². The fraction of sp³-hybridized carbons (Fsp3) is 0.400. The van der Waals surface area contributed by atoms with E-state index in [9.17, 15) is 0 Å². The van der Waals surface area contributed by atoms with Crippen LogP contribution < -0.4 is 10.5 Å². The summed E-state index contributed by atoms with van der Waals surface area (Å²) < 4.78 is 7.43. The van der Waals surface area contributed by atoms with Gasteiger partial charge in [-0.25, -0.2) is 4.98 Å². The van der Waals surface area contributed by atoms with Gasteiger partial charge in [0, 0.05) is 12.6 Å². The SMILES string of the molecule is COc1cc(C)c(-c2c(C)nc(CN)n2C)cc1C. The maximum absolute atomic E-state index is 5.72. The summed E-state index contributed by atoms with van der Waals surface area (Å²) in [4.78, 5) is 4.53. The second-order valence-electron chi connectivity index (χ2n) is 4.86. The van der Waals surface area contributed by atoms with Crippen molar-refractivity contribution in [1.82, 2.24) is 9.55 Å². The highest BCUT2D eigenvalue weighted by Crippen LogP contribution is 2.32. The number of benzene rings is 1. The number of hydrogen-bond donors (Lipinski definition) is 1. The first-order chi connectivity index (χ1) is 8.99.